The van der Waals surface area contributed by atoms with Gasteiger partial charge in [0.2, 0.25) is 0 Å². The minimum atomic E-state index is -4.68. The third-order valence-corrected chi connectivity index (χ3v) is 5.01. The molecule has 1 N–H and O–H groups in total. The molecule has 1 aromatic heterocycles. The van der Waals surface area contributed by atoms with Crippen molar-refractivity contribution in [3.8, 4) is 33.8 Å². The number of carbonyl (C=O) groups is 1. The van der Waals surface area contributed by atoms with Gasteiger partial charge in [0, 0.05) is 11.1 Å². The van der Waals surface area contributed by atoms with E-state index in [0.717, 1.165) is 17.7 Å². The molecule has 0 saturated carbocycles. The maximum atomic E-state index is 13.8. The molecule has 4 rings (SSSR count). The summed E-state index contributed by atoms with van der Waals surface area (Å²) < 4.78 is 54.5. The van der Waals surface area contributed by atoms with Crippen molar-refractivity contribution in [1.29, 1.82) is 0 Å². The van der Waals surface area contributed by atoms with Crippen LogP contribution in [0.5, 0.6) is 0 Å². The van der Waals surface area contributed by atoms with Crippen LogP contribution >= 0.6 is 0 Å². The number of aryl methyl sites for hydroxylation is 1. The van der Waals surface area contributed by atoms with E-state index in [1.54, 1.807) is 42.5 Å². The Bertz CT molecular complexity index is 1350. The van der Waals surface area contributed by atoms with Gasteiger partial charge in [-0.1, -0.05) is 54.1 Å². The topological polar surface area (TPSA) is 63.1 Å². The lowest BCUT2D eigenvalue weighted by molar-refractivity contribution is -0.141. The van der Waals surface area contributed by atoms with Crippen LogP contribution in [0.1, 0.15) is 21.6 Å². The predicted octanol–water partition coefficient (Wildman–Crippen LogP) is 6.64. The van der Waals surface area contributed by atoms with E-state index in [-0.39, 0.29) is 11.5 Å². The third-order valence-electron chi connectivity index (χ3n) is 5.01. The molecular weight excluding hydrogens is 436 g/mol. The van der Waals surface area contributed by atoms with Crippen molar-refractivity contribution in [2.24, 2.45) is 0 Å². The lowest BCUT2D eigenvalue weighted by Crippen LogP contribution is -2.10. The number of nitrogens with zero attached hydrogens (tertiary/aromatic N) is 2. The summed E-state index contributed by atoms with van der Waals surface area (Å²) >= 11 is 0. The van der Waals surface area contributed by atoms with E-state index in [4.69, 9.17) is 5.11 Å². The van der Waals surface area contributed by atoms with Crippen LogP contribution in [0, 0.1) is 12.7 Å². The number of alkyl halides is 3. The van der Waals surface area contributed by atoms with Crippen molar-refractivity contribution in [2.75, 3.05) is 0 Å². The molecule has 0 aliphatic rings. The van der Waals surface area contributed by atoms with Gasteiger partial charge in [-0.3, -0.25) is 0 Å². The Kier molecular flexibility index (Phi) is 5.68. The largest absolute Gasteiger partial charge is 0.478 e. The van der Waals surface area contributed by atoms with Crippen molar-refractivity contribution in [2.45, 2.75) is 13.1 Å². The average Bonchev–Trinajstić information content (AvgIpc) is 2.79. The van der Waals surface area contributed by atoms with E-state index in [1.165, 1.54) is 18.2 Å². The molecule has 0 aliphatic carbocycles. The van der Waals surface area contributed by atoms with Crippen LogP contribution in [0.3, 0.4) is 0 Å². The van der Waals surface area contributed by atoms with E-state index in [9.17, 15) is 22.4 Å². The first kappa shape index (κ1) is 22.1. The summed E-state index contributed by atoms with van der Waals surface area (Å²) in [4.78, 5) is 19.3. The van der Waals surface area contributed by atoms with E-state index in [1.807, 2.05) is 6.92 Å². The number of halogens is 4. The molecule has 0 radical (unpaired) electrons. The average molecular weight is 452 g/mol. The van der Waals surface area contributed by atoms with Gasteiger partial charge in [-0.2, -0.15) is 13.2 Å². The molecule has 4 aromatic rings. The zero-order valence-electron chi connectivity index (χ0n) is 17.2. The summed E-state index contributed by atoms with van der Waals surface area (Å²) in [6.07, 6.45) is -4.68. The summed E-state index contributed by atoms with van der Waals surface area (Å²) in [5, 5.41) is 9.17. The Balaban J connectivity index is 1.84. The van der Waals surface area contributed by atoms with Gasteiger partial charge in [-0.15, -0.1) is 0 Å². The second kappa shape index (κ2) is 8.46. The van der Waals surface area contributed by atoms with Crippen LogP contribution in [0.15, 0.2) is 72.8 Å². The van der Waals surface area contributed by atoms with Crippen molar-refractivity contribution < 1.29 is 27.5 Å². The van der Waals surface area contributed by atoms with Gasteiger partial charge in [0.25, 0.3) is 0 Å². The fraction of sp³-hybridized carbons (Fsp3) is 0.0800. The maximum absolute atomic E-state index is 13.8. The van der Waals surface area contributed by atoms with Gasteiger partial charge in [-0.05, 0) is 42.3 Å². The number of carboxylic acid groups (broad SMARTS) is 1. The standard InChI is InChI=1S/C25H16F4N2O2/c1-14-5-7-15(8-6-14)21-13-22(25(27,28)29)31-23(30-21)18-4-2-3-16(11-18)17-9-10-20(26)19(12-17)24(32)33/h2-13H,1H3,(H,32,33). The molecule has 0 spiro atoms. The second-order valence-corrected chi connectivity index (χ2v) is 7.41. The molecule has 0 amide bonds. The van der Waals surface area contributed by atoms with Gasteiger partial charge in [0.05, 0.1) is 11.3 Å². The van der Waals surface area contributed by atoms with Crippen LogP contribution < -0.4 is 0 Å². The van der Waals surface area contributed by atoms with E-state index in [0.29, 0.717) is 22.3 Å². The SMILES string of the molecule is Cc1ccc(-c2cc(C(F)(F)F)nc(-c3cccc(-c4ccc(F)c(C(=O)O)c4)c3)n2)cc1. The molecule has 3 aromatic carbocycles. The molecule has 1 heterocycles. The summed E-state index contributed by atoms with van der Waals surface area (Å²) in [5.74, 6) is -2.44. The first-order valence-corrected chi connectivity index (χ1v) is 9.79. The molecule has 0 bridgehead atoms. The number of hydrogen-bond acceptors (Lipinski definition) is 3. The Hall–Kier alpha value is -4.07. The highest BCUT2D eigenvalue weighted by molar-refractivity contribution is 5.90. The Morgan fingerprint density at radius 2 is 1.45 bits per heavy atom. The molecule has 0 fully saturated rings. The predicted molar refractivity (Wildman–Crippen MR) is 115 cm³/mol. The first-order chi connectivity index (χ1) is 15.6. The van der Waals surface area contributed by atoms with Crippen molar-refractivity contribution in [3.05, 3.63) is 95.4 Å². The van der Waals surface area contributed by atoms with Crippen LogP contribution in [-0.2, 0) is 6.18 Å². The smallest absolute Gasteiger partial charge is 0.433 e. The highest BCUT2D eigenvalue weighted by Crippen LogP contribution is 2.33. The van der Waals surface area contributed by atoms with E-state index < -0.39 is 29.2 Å². The fourth-order valence-corrected chi connectivity index (χ4v) is 3.30. The van der Waals surface area contributed by atoms with Crippen LogP contribution in [-0.4, -0.2) is 21.0 Å². The van der Waals surface area contributed by atoms with Gasteiger partial charge >= 0.3 is 12.1 Å². The molecule has 0 unspecified atom stereocenters. The molecular formula is C25H16F4N2O2. The summed E-state index contributed by atoms with van der Waals surface area (Å²) in [5.41, 5.74) is 1.17. The second-order valence-electron chi connectivity index (χ2n) is 7.41. The number of aromatic nitrogens is 2. The minimum absolute atomic E-state index is 0.118. The van der Waals surface area contributed by atoms with Crippen LogP contribution in [0.2, 0.25) is 0 Å². The van der Waals surface area contributed by atoms with Gasteiger partial charge in [-0.25, -0.2) is 19.2 Å². The Morgan fingerprint density at radius 3 is 2.12 bits per heavy atom. The number of benzene rings is 3. The molecule has 166 valence electrons. The highest BCUT2D eigenvalue weighted by atomic mass is 19.4. The molecule has 8 heteroatoms. The molecule has 33 heavy (non-hydrogen) atoms. The zero-order valence-corrected chi connectivity index (χ0v) is 17.2. The monoisotopic (exact) mass is 452 g/mol. The lowest BCUT2D eigenvalue weighted by atomic mass is 10.00. The summed E-state index contributed by atoms with van der Waals surface area (Å²) in [7, 11) is 0. The van der Waals surface area contributed by atoms with Crippen LogP contribution in [0.25, 0.3) is 33.8 Å². The molecule has 0 atom stereocenters. The van der Waals surface area contributed by atoms with Gasteiger partial charge < -0.3 is 5.11 Å². The number of rotatable bonds is 4. The Morgan fingerprint density at radius 1 is 0.818 bits per heavy atom. The summed E-state index contributed by atoms with van der Waals surface area (Å²) in [6, 6.07) is 17.7. The van der Waals surface area contributed by atoms with Crippen molar-refractivity contribution >= 4 is 5.97 Å². The van der Waals surface area contributed by atoms with Crippen molar-refractivity contribution in [3.63, 3.8) is 0 Å². The fourth-order valence-electron chi connectivity index (χ4n) is 3.30. The first-order valence-electron chi connectivity index (χ1n) is 9.79. The Labute approximate surface area is 186 Å². The normalized spacial score (nSPS) is 11.4. The maximum Gasteiger partial charge on any atom is 0.433 e. The number of hydrogen-bond donors (Lipinski definition) is 1. The van der Waals surface area contributed by atoms with E-state index >= 15 is 0 Å². The molecule has 0 saturated heterocycles. The summed E-state index contributed by atoms with van der Waals surface area (Å²) in [6.45, 7) is 1.87. The van der Waals surface area contributed by atoms with Gasteiger partial charge in [0.1, 0.15) is 11.5 Å². The lowest BCUT2D eigenvalue weighted by Gasteiger charge is -2.12. The third kappa shape index (κ3) is 4.74. The highest BCUT2D eigenvalue weighted by Gasteiger charge is 2.34. The quantitative estimate of drug-likeness (QED) is 0.353. The number of aromatic carboxylic acids is 1. The van der Waals surface area contributed by atoms with E-state index in [2.05, 4.69) is 9.97 Å². The number of carboxylic acids is 1. The molecule has 0 aliphatic heterocycles. The van der Waals surface area contributed by atoms with Crippen molar-refractivity contribution in [1.82, 2.24) is 9.97 Å². The minimum Gasteiger partial charge on any atom is -0.478 e. The van der Waals surface area contributed by atoms with Crippen LogP contribution in [0.4, 0.5) is 17.6 Å². The zero-order chi connectivity index (χ0) is 23.8. The molecule has 4 nitrogen and oxygen atoms in total. The van der Waals surface area contributed by atoms with Gasteiger partial charge in [0.15, 0.2) is 5.82 Å².